The predicted molar refractivity (Wildman–Crippen MR) is 137 cm³/mol. The lowest BCUT2D eigenvalue weighted by atomic mass is 9.77. The van der Waals surface area contributed by atoms with Crippen molar-refractivity contribution >= 4 is 0 Å². The Kier molecular flexibility index (Phi) is 9.56. The van der Waals surface area contributed by atoms with Gasteiger partial charge in [0.05, 0.1) is 5.56 Å². The van der Waals surface area contributed by atoms with E-state index in [9.17, 15) is 26.3 Å². The zero-order chi connectivity index (χ0) is 28.9. The lowest BCUT2D eigenvalue weighted by Crippen LogP contribution is -2.25. The Bertz CT molecular complexity index is 1170. The van der Waals surface area contributed by atoms with E-state index < -0.39 is 52.9 Å². The summed E-state index contributed by atoms with van der Waals surface area (Å²) in [6, 6.07) is 2.89. The number of rotatable bonds is 9. The minimum atomic E-state index is -4.60. The van der Waals surface area contributed by atoms with Crippen LogP contribution in [0.5, 0.6) is 5.75 Å². The van der Waals surface area contributed by atoms with Crippen LogP contribution in [0.15, 0.2) is 60.5 Å². The molecule has 0 radical (unpaired) electrons. The first kappa shape index (κ1) is 30.1. The Hall–Kier alpha value is -2.91. The average Bonchev–Trinajstić information content (AvgIpc) is 2.95. The molecule has 2 aliphatic rings. The van der Waals surface area contributed by atoms with Crippen LogP contribution in [-0.2, 0) is 12.3 Å². The van der Waals surface area contributed by atoms with E-state index in [1.807, 2.05) is 6.08 Å². The number of alkyl halides is 5. The van der Waals surface area contributed by atoms with Crippen LogP contribution in [0.25, 0.3) is 0 Å². The molecule has 2 atom stereocenters. The minimum Gasteiger partial charge on any atom is -0.427 e. The third-order valence-corrected chi connectivity index (χ3v) is 7.86. The number of nitrogens with zero attached hydrogens (tertiary/aromatic N) is 2. The summed E-state index contributed by atoms with van der Waals surface area (Å²) < 4.78 is 102. The molecule has 0 aliphatic heterocycles. The number of hydrogen-bond donors (Lipinski definition) is 0. The lowest BCUT2D eigenvalue weighted by Gasteiger charge is -2.29. The summed E-state index contributed by atoms with van der Waals surface area (Å²) in [5.74, 6) is -3.41. The van der Waals surface area contributed by atoms with Crippen LogP contribution in [0.1, 0.15) is 87.6 Å². The molecule has 0 N–H and O–H groups in total. The molecule has 2 aliphatic carbocycles. The number of halogens is 7. The molecule has 1 aromatic heterocycles. The second kappa shape index (κ2) is 12.7. The van der Waals surface area contributed by atoms with E-state index in [2.05, 4.69) is 21.6 Å². The molecule has 218 valence electrons. The molecule has 10 heteroatoms. The van der Waals surface area contributed by atoms with Gasteiger partial charge in [0.15, 0.2) is 0 Å². The van der Waals surface area contributed by atoms with E-state index in [1.54, 1.807) is 6.08 Å². The van der Waals surface area contributed by atoms with Gasteiger partial charge in [0.1, 0.15) is 17.4 Å². The second-order valence-corrected chi connectivity index (χ2v) is 10.7. The van der Waals surface area contributed by atoms with E-state index in [0.717, 1.165) is 37.8 Å². The van der Waals surface area contributed by atoms with Gasteiger partial charge in [0, 0.05) is 24.2 Å². The highest BCUT2D eigenvalue weighted by Crippen LogP contribution is 2.42. The molecule has 0 saturated heterocycles. The van der Waals surface area contributed by atoms with Crippen LogP contribution in [0, 0.1) is 17.8 Å². The van der Waals surface area contributed by atoms with E-state index >= 15 is 4.39 Å². The first-order valence-electron chi connectivity index (χ1n) is 13.8. The summed E-state index contributed by atoms with van der Waals surface area (Å²) in [5, 5.41) is 0. The number of hydrogen-bond acceptors (Lipinski definition) is 3. The maximum absolute atomic E-state index is 15.0. The molecule has 40 heavy (non-hydrogen) atoms. The fourth-order valence-corrected chi connectivity index (χ4v) is 5.45. The van der Waals surface area contributed by atoms with Crippen molar-refractivity contribution in [2.24, 2.45) is 17.8 Å². The van der Waals surface area contributed by atoms with Crippen LogP contribution in [0.4, 0.5) is 30.7 Å². The molecular weight excluding hydrogens is 537 g/mol. The van der Waals surface area contributed by atoms with Gasteiger partial charge in [0.2, 0.25) is 5.82 Å². The molecule has 1 aromatic carbocycles. The van der Waals surface area contributed by atoms with Crippen molar-refractivity contribution in [2.45, 2.75) is 82.9 Å². The minimum absolute atomic E-state index is 0.0838. The van der Waals surface area contributed by atoms with E-state index in [1.165, 1.54) is 12.4 Å². The molecule has 3 nitrogen and oxygen atoms in total. The summed E-state index contributed by atoms with van der Waals surface area (Å²) in [5.41, 5.74) is -0.385. The normalized spacial score (nSPS) is 24.5. The van der Waals surface area contributed by atoms with Crippen molar-refractivity contribution in [3.05, 3.63) is 77.4 Å². The third-order valence-electron chi connectivity index (χ3n) is 7.86. The lowest BCUT2D eigenvalue weighted by molar-refractivity contribution is -0.192. The zero-order valence-corrected chi connectivity index (χ0v) is 22.2. The predicted octanol–water partition coefficient (Wildman–Crippen LogP) is 9.82. The molecule has 2 aromatic rings. The number of unbranched alkanes of at least 4 members (excludes halogenated alkanes) is 1. The Morgan fingerprint density at radius 2 is 1.50 bits per heavy atom. The SMILES string of the molecule is CCCCC1C=CC(/C(F)=C(\F)C2CCC(c3cnc(C(F)(F)Oc4ccc(C(F)(F)F)cc4)nc3)CC2)CC1. The Balaban J connectivity index is 1.32. The van der Waals surface area contributed by atoms with Gasteiger partial charge in [-0.3, -0.25) is 0 Å². The maximum atomic E-state index is 15.0. The second-order valence-electron chi connectivity index (χ2n) is 10.7. The summed E-state index contributed by atoms with van der Waals surface area (Å²) in [4.78, 5) is 7.46. The van der Waals surface area contributed by atoms with Crippen LogP contribution in [0.2, 0.25) is 0 Å². The Morgan fingerprint density at radius 1 is 0.850 bits per heavy atom. The maximum Gasteiger partial charge on any atom is 0.462 e. The highest BCUT2D eigenvalue weighted by molar-refractivity contribution is 5.29. The monoisotopic (exact) mass is 570 g/mol. The fraction of sp³-hybridized carbons (Fsp3) is 0.533. The first-order valence-corrected chi connectivity index (χ1v) is 13.8. The standard InChI is InChI=1S/C30H33F7N2O/c1-2-3-4-19-5-7-21(8-6-19)26(31)27(32)22-11-9-20(10-12-22)23-17-38-28(39-18-23)30(36,37)40-25-15-13-24(14-16-25)29(33,34)35/h5,7,13-22H,2-4,6,8-12H2,1H3/b27-26+. The molecule has 4 rings (SSSR count). The molecule has 0 amide bonds. The summed E-state index contributed by atoms with van der Waals surface area (Å²) in [7, 11) is 0. The molecule has 0 spiro atoms. The van der Waals surface area contributed by atoms with Crippen LogP contribution < -0.4 is 4.74 Å². The van der Waals surface area contributed by atoms with Gasteiger partial charge in [0.25, 0.3) is 0 Å². The number of ether oxygens (including phenoxy) is 1. The first-order chi connectivity index (χ1) is 19.0. The molecule has 0 bridgehead atoms. The number of benzene rings is 1. The van der Waals surface area contributed by atoms with Gasteiger partial charge in [-0.25, -0.2) is 18.7 Å². The third kappa shape index (κ3) is 7.43. The molecule has 2 unspecified atom stereocenters. The van der Waals surface area contributed by atoms with Crippen LogP contribution >= 0.6 is 0 Å². The van der Waals surface area contributed by atoms with E-state index in [0.29, 0.717) is 55.7 Å². The van der Waals surface area contributed by atoms with Gasteiger partial charge in [-0.15, -0.1) is 0 Å². The van der Waals surface area contributed by atoms with E-state index in [4.69, 9.17) is 0 Å². The summed E-state index contributed by atoms with van der Waals surface area (Å²) >= 11 is 0. The van der Waals surface area contributed by atoms with E-state index in [-0.39, 0.29) is 5.92 Å². The van der Waals surface area contributed by atoms with Gasteiger partial charge in [-0.05, 0) is 86.6 Å². The van der Waals surface area contributed by atoms with Crippen molar-refractivity contribution in [3.63, 3.8) is 0 Å². The quantitative estimate of drug-likeness (QED) is 0.222. The van der Waals surface area contributed by atoms with Crippen molar-refractivity contribution in [2.75, 3.05) is 0 Å². The van der Waals surface area contributed by atoms with Gasteiger partial charge < -0.3 is 4.74 Å². The smallest absolute Gasteiger partial charge is 0.427 e. The zero-order valence-electron chi connectivity index (χ0n) is 22.2. The van der Waals surface area contributed by atoms with Crippen molar-refractivity contribution in [1.29, 1.82) is 0 Å². The van der Waals surface area contributed by atoms with Crippen LogP contribution in [0.3, 0.4) is 0 Å². The number of allylic oxidation sites excluding steroid dienone is 4. The average molecular weight is 571 g/mol. The van der Waals surface area contributed by atoms with Gasteiger partial charge in [-0.1, -0.05) is 31.9 Å². The van der Waals surface area contributed by atoms with Crippen molar-refractivity contribution in [3.8, 4) is 5.75 Å². The highest BCUT2D eigenvalue weighted by atomic mass is 19.4. The molecule has 1 fully saturated rings. The Morgan fingerprint density at radius 3 is 2.05 bits per heavy atom. The van der Waals surface area contributed by atoms with Crippen LogP contribution in [-0.4, -0.2) is 9.97 Å². The molecule has 1 heterocycles. The van der Waals surface area contributed by atoms with Gasteiger partial charge in [-0.2, -0.15) is 22.0 Å². The number of aromatic nitrogens is 2. The summed E-state index contributed by atoms with van der Waals surface area (Å²) in [6.45, 7) is 2.13. The fourth-order valence-electron chi connectivity index (χ4n) is 5.45. The molecule has 1 saturated carbocycles. The Labute approximate surface area is 229 Å². The highest BCUT2D eigenvalue weighted by Gasteiger charge is 2.39. The topological polar surface area (TPSA) is 35.0 Å². The largest absolute Gasteiger partial charge is 0.462 e. The summed E-state index contributed by atoms with van der Waals surface area (Å²) in [6.07, 6.45) is 4.48. The van der Waals surface area contributed by atoms with Crippen molar-refractivity contribution in [1.82, 2.24) is 9.97 Å². The molecular formula is C30H33F7N2O. The van der Waals surface area contributed by atoms with Crippen molar-refractivity contribution < 1.29 is 35.5 Å². The van der Waals surface area contributed by atoms with Gasteiger partial charge >= 0.3 is 12.3 Å².